The van der Waals surface area contributed by atoms with E-state index in [2.05, 4.69) is 208 Å². The number of unbranched alkanes of at least 4 members (excludes halogenated alkanes) is 20. The molecule has 2 unspecified atom stereocenters. The van der Waals surface area contributed by atoms with Crippen LogP contribution in [0.4, 0.5) is 0 Å². The molecule has 0 saturated heterocycles. The van der Waals surface area contributed by atoms with Crippen molar-refractivity contribution in [3.8, 4) is 0 Å². The fourth-order valence-electron chi connectivity index (χ4n) is 9.52. The van der Waals surface area contributed by atoms with E-state index in [1.807, 2.05) is 21.1 Å². The summed E-state index contributed by atoms with van der Waals surface area (Å²) in [6.45, 7) is 4.16. The third kappa shape index (κ3) is 75.9. The smallest absolute Gasteiger partial charge is 0.462 e. The molecule has 2 atom stereocenters. The summed E-state index contributed by atoms with van der Waals surface area (Å²) >= 11 is 0. The van der Waals surface area contributed by atoms with Crippen LogP contribution in [0.2, 0.25) is 0 Å². The van der Waals surface area contributed by atoms with Crippen LogP contribution in [-0.2, 0) is 32.7 Å². The second-order valence-electron chi connectivity index (χ2n) is 25.2. The van der Waals surface area contributed by atoms with E-state index < -0.39 is 32.5 Å². The average molecular weight is 1320 g/mol. The maximum absolute atomic E-state index is 12.9. The lowest BCUT2D eigenvalue weighted by atomic mass is 10.0. The molecule has 530 valence electrons. The number of hydrogen-bond donors (Lipinski definition) is 1. The summed E-state index contributed by atoms with van der Waals surface area (Å²) < 4.78 is 34.7. The monoisotopic (exact) mass is 1320 g/mol. The first-order valence-electron chi connectivity index (χ1n) is 37.2. The zero-order chi connectivity index (χ0) is 68.3. The number of allylic oxidation sites excluding steroid dienone is 32. The Labute approximate surface area is 577 Å². The van der Waals surface area contributed by atoms with Crippen LogP contribution in [0.15, 0.2) is 194 Å². The molecular weight excluding hydrogens is 1180 g/mol. The van der Waals surface area contributed by atoms with Gasteiger partial charge in [0.25, 0.3) is 0 Å². The van der Waals surface area contributed by atoms with Crippen molar-refractivity contribution in [1.82, 2.24) is 0 Å². The number of hydrogen-bond acceptors (Lipinski definition) is 7. The Morgan fingerprint density at radius 2 is 0.574 bits per heavy atom. The Morgan fingerprint density at radius 3 is 0.851 bits per heavy atom. The highest BCUT2D eigenvalue weighted by Crippen LogP contribution is 2.43. The SMILES string of the molecule is CC/C=C\C/C=C\C/C=C\C/C=C\C/C=C\C/C=C\C/C=C\C/C=C\CCCCCCCCCCCCCCCCCCC(=O)OC(COC(=O)CCCCCC/C=C\C/C=C\C/C=C\C/C=C\C/C=C\C/C=C\C/C=C\C/C=C\CC)COP(=O)(O)OCC[N+](C)(C)C. The molecular formula is C84H137NO8P+. The van der Waals surface area contributed by atoms with Crippen molar-refractivity contribution >= 4 is 19.8 Å². The van der Waals surface area contributed by atoms with Gasteiger partial charge >= 0.3 is 19.8 Å². The van der Waals surface area contributed by atoms with E-state index in [1.54, 1.807) is 0 Å². The van der Waals surface area contributed by atoms with Crippen LogP contribution in [0.3, 0.4) is 0 Å². The Morgan fingerprint density at radius 1 is 0.330 bits per heavy atom. The average Bonchev–Trinajstić information content (AvgIpc) is 1.57. The third-order valence-electron chi connectivity index (χ3n) is 15.1. The summed E-state index contributed by atoms with van der Waals surface area (Å²) in [7, 11) is 1.44. The van der Waals surface area contributed by atoms with Gasteiger partial charge in [0.2, 0.25) is 0 Å². The molecule has 0 amide bonds. The second kappa shape index (κ2) is 72.1. The fraction of sp³-hybridized carbons (Fsp3) is 0.595. The molecule has 0 bridgehead atoms. The molecule has 0 spiro atoms. The molecule has 94 heavy (non-hydrogen) atoms. The number of phosphoric acid groups is 1. The molecule has 0 aliphatic heterocycles. The topological polar surface area (TPSA) is 108 Å². The minimum atomic E-state index is -4.41. The van der Waals surface area contributed by atoms with Crippen LogP contribution >= 0.6 is 7.82 Å². The van der Waals surface area contributed by atoms with E-state index in [4.69, 9.17) is 18.5 Å². The number of carbonyl (C=O) groups is 2. The Hall–Kier alpha value is -5.15. The quantitative estimate of drug-likeness (QED) is 0.0211. The first-order valence-corrected chi connectivity index (χ1v) is 38.7. The summed E-state index contributed by atoms with van der Waals surface area (Å²) in [6.07, 6.45) is 113. The van der Waals surface area contributed by atoms with E-state index in [0.717, 1.165) is 148 Å². The molecule has 0 aromatic rings. The first-order chi connectivity index (χ1) is 46.0. The highest BCUT2D eigenvalue weighted by Gasteiger charge is 2.27. The Balaban J connectivity index is 4.10. The summed E-state index contributed by atoms with van der Waals surface area (Å²) in [6, 6.07) is 0. The van der Waals surface area contributed by atoms with Gasteiger partial charge in [0, 0.05) is 12.8 Å². The van der Waals surface area contributed by atoms with Gasteiger partial charge in [-0.3, -0.25) is 18.6 Å². The minimum absolute atomic E-state index is 0.0181. The summed E-state index contributed by atoms with van der Waals surface area (Å²) in [5.74, 6) is -0.835. The molecule has 0 rings (SSSR count). The number of ether oxygens (including phenoxy) is 2. The van der Waals surface area contributed by atoms with E-state index in [9.17, 15) is 19.0 Å². The maximum atomic E-state index is 12.9. The lowest BCUT2D eigenvalue weighted by Gasteiger charge is -2.24. The molecule has 0 aromatic carbocycles. The van der Waals surface area contributed by atoms with E-state index in [0.29, 0.717) is 23.9 Å². The number of esters is 2. The third-order valence-corrected chi connectivity index (χ3v) is 16.1. The van der Waals surface area contributed by atoms with Gasteiger partial charge in [0.05, 0.1) is 27.7 Å². The van der Waals surface area contributed by atoms with Gasteiger partial charge in [0.15, 0.2) is 6.10 Å². The van der Waals surface area contributed by atoms with Gasteiger partial charge in [-0.15, -0.1) is 0 Å². The van der Waals surface area contributed by atoms with E-state index in [-0.39, 0.29) is 26.1 Å². The maximum Gasteiger partial charge on any atom is 0.472 e. The predicted octanol–water partition coefficient (Wildman–Crippen LogP) is 24.8. The molecule has 0 aromatic heterocycles. The number of quaternary nitrogens is 1. The van der Waals surface area contributed by atoms with Crippen LogP contribution in [0.5, 0.6) is 0 Å². The van der Waals surface area contributed by atoms with Crippen LogP contribution in [0.1, 0.15) is 271 Å². The van der Waals surface area contributed by atoms with Crippen LogP contribution in [0, 0.1) is 0 Å². The molecule has 10 heteroatoms. The van der Waals surface area contributed by atoms with Gasteiger partial charge in [-0.25, -0.2) is 4.57 Å². The minimum Gasteiger partial charge on any atom is -0.462 e. The van der Waals surface area contributed by atoms with Crippen molar-refractivity contribution in [2.24, 2.45) is 0 Å². The van der Waals surface area contributed by atoms with Gasteiger partial charge in [-0.05, 0) is 141 Å². The number of rotatable bonds is 66. The first kappa shape index (κ1) is 88.8. The van der Waals surface area contributed by atoms with Crippen molar-refractivity contribution in [2.45, 2.75) is 277 Å². The highest BCUT2D eigenvalue weighted by atomic mass is 31.2. The summed E-state index contributed by atoms with van der Waals surface area (Å²) in [5, 5.41) is 0. The van der Waals surface area contributed by atoms with Crippen molar-refractivity contribution in [3.05, 3.63) is 194 Å². The normalized spacial score (nSPS) is 14.2. The molecule has 0 fully saturated rings. The summed E-state index contributed by atoms with van der Waals surface area (Å²) in [4.78, 5) is 35.9. The molecule has 0 aliphatic rings. The summed E-state index contributed by atoms with van der Waals surface area (Å²) in [5.41, 5.74) is 0. The van der Waals surface area contributed by atoms with E-state index >= 15 is 0 Å². The van der Waals surface area contributed by atoms with Gasteiger partial charge < -0.3 is 18.9 Å². The zero-order valence-electron chi connectivity index (χ0n) is 60.4. The van der Waals surface area contributed by atoms with Crippen molar-refractivity contribution in [3.63, 3.8) is 0 Å². The Kier molecular flexibility index (Phi) is 68.2. The predicted molar refractivity (Wildman–Crippen MR) is 408 cm³/mol. The Bertz CT molecular complexity index is 2290. The van der Waals surface area contributed by atoms with Crippen molar-refractivity contribution < 1.29 is 42.1 Å². The van der Waals surface area contributed by atoms with Crippen molar-refractivity contribution in [2.75, 3.05) is 47.5 Å². The van der Waals surface area contributed by atoms with Gasteiger partial charge in [-0.2, -0.15) is 0 Å². The zero-order valence-corrected chi connectivity index (χ0v) is 61.3. The van der Waals surface area contributed by atoms with Crippen molar-refractivity contribution in [1.29, 1.82) is 0 Å². The molecule has 1 N–H and O–H groups in total. The number of phosphoric ester groups is 1. The van der Waals surface area contributed by atoms with Crippen LogP contribution in [0.25, 0.3) is 0 Å². The lowest BCUT2D eigenvalue weighted by molar-refractivity contribution is -0.870. The molecule has 0 heterocycles. The molecule has 9 nitrogen and oxygen atoms in total. The lowest BCUT2D eigenvalue weighted by Crippen LogP contribution is -2.37. The molecule has 0 aliphatic carbocycles. The molecule has 0 saturated carbocycles. The largest absolute Gasteiger partial charge is 0.472 e. The number of nitrogens with zero attached hydrogens (tertiary/aromatic N) is 1. The van der Waals surface area contributed by atoms with Gasteiger partial charge in [-0.1, -0.05) is 311 Å². The van der Waals surface area contributed by atoms with Gasteiger partial charge in [0.1, 0.15) is 19.8 Å². The van der Waals surface area contributed by atoms with E-state index in [1.165, 1.54) is 83.5 Å². The van der Waals surface area contributed by atoms with Crippen LogP contribution < -0.4 is 0 Å². The second-order valence-corrected chi connectivity index (χ2v) is 26.7. The molecule has 0 radical (unpaired) electrons. The number of carbonyl (C=O) groups excluding carboxylic acids is 2. The fourth-order valence-corrected chi connectivity index (χ4v) is 10.3. The van der Waals surface area contributed by atoms with Crippen LogP contribution in [-0.4, -0.2) is 74.9 Å². The standard InChI is InChI=1S/C84H136NO8P/c1-6-8-10-12-14-16-18-20-22-24-26-28-30-32-34-36-37-38-39-40-41-42-43-44-45-46-47-49-51-53-55-57-59-61-63-65-67-69-71-73-75-77-84(87)93-82(81-92-94(88,89)91-79-78-85(3,4)5)80-90-83(86)76-74-72-70-68-66-64-62-60-58-56-54-52-50-48-35-33-31-29-27-25-23-21-19-17-15-13-11-9-7-2/h8-11,14-17,20-23,26-29,32-35,37-38,40-41,43-44,50,52,56,58,62,64,82H,6-7,12-13,18-19,24-25,30-31,36,39,42,45-49,51,53-55,57,59-61,63,65-81H2,1-5H3/p+1/b10-8-,11-9-,16-14-,17-15-,22-20-,23-21-,28-26-,29-27-,34-32-,35-33-,38-37-,41-40-,44-43-,52-50-,58-56-,64-62-. The highest BCUT2D eigenvalue weighted by molar-refractivity contribution is 7.47. The number of likely N-dealkylation sites (N-methyl/N-ethyl adjacent to an activating group) is 1.